The summed E-state index contributed by atoms with van der Waals surface area (Å²) >= 11 is 3.65. The molecule has 5 rings (SSSR count). The van der Waals surface area contributed by atoms with Crippen LogP contribution in [-0.2, 0) is 20.7 Å². The second-order valence-electron chi connectivity index (χ2n) is 7.68. The standard InChI is InChI=1S/C21H19BrN2O3/c22-18-14-10-15-17(21(26)27-19(15)18)16(14)20(25)24-13-3-1-11(2-4-13)9-12-5-7-23-8-6-12/h1-8,14-19H,9-10H2,(H,24,25)/t14-,15-,16-,17+,18+,19+/m1/s1. The molecular weight excluding hydrogens is 408 g/mol. The van der Waals surface area contributed by atoms with E-state index in [-0.39, 0.29) is 46.5 Å². The zero-order chi connectivity index (χ0) is 18.5. The van der Waals surface area contributed by atoms with Crippen molar-refractivity contribution in [2.45, 2.75) is 23.8 Å². The van der Waals surface area contributed by atoms with Crippen LogP contribution in [0, 0.1) is 23.7 Å². The fourth-order valence-corrected chi connectivity index (χ4v) is 6.04. The first kappa shape index (κ1) is 16.9. The number of halogens is 1. The molecule has 2 aliphatic carbocycles. The predicted molar refractivity (Wildman–Crippen MR) is 103 cm³/mol. The largest absolute Gasteiger partial charge is 0.461 e. The Balaban J connectivity index is 1.28. The molecule has 0 radical (unpaired) electrons. The number of amides is 1. The van der Waals surface area contributed by atoms with E-state index in [0.29, 0.717) is 0 Å². The lowest BCUT2D eigenvalue weighted by Gasteiger charge is -2.27. The number of aromatic nitrogens is 1. The minimum absolute atomic E-state index is 0.0518. The number of anilines is 1. The Kier molecular flexibility index (Phi) is 4.04. The van der Waals surface area contributed by atoms with Crippen molar-refractivity contribution in [2.75, 3.05) is 5.32 Å². The molecule has 2 bridgehead atoms. The lowest BCUT2D eigenvalue weighted by atomic mass is 9.79. The van der Waals surface area contributed by atoms with Gasteiger partial charge in [0.1, 0.15) is 6.10 Å². The van der Waals surface area contributed by atoms with E-state index in [1.165, 1.54) is 11.1 Å². The summed E-state index contributed by atoms with van der Waals surface area (Å²) in [5.41, 5.74) is 3.12. The molecule has 27 heavy (non-hydrogen) atoms. The van der Waals surface area contributed by atoms with Gasteiger partial charge in [0.25, 0.3) is 0 Å². The van der Waals surface area contributed by atoms with Crippen molar-refractivity contribution >= 4 is 33.5 Å². The second-order valence-corrected chi connectivity index (χ2v) is 8.74. The average molecular weight is 427 g/mol. The number of nitrogens with zero attached hydrogens (tertiary/aromatic N) is 1. The number of carbonyl (C=O) groups excluding carboxylic acids is 2. The van der Waals surface area contributed by atoms with Crippen LogP contribution in [0.2, 0.25) is 0 Å². The number of alkyl halides is 1. The molecule has 2 saturated carbocycles. The molecule has 138 valence electrons. The Morgan fingerprint density at radius 1 is 1.11 bits per heavy atom. The summed E-state index contributed by atoms with van der Waals surface area (Å²) in [7, 11) is 0. The highest BCUT2D eigenvalue weighted by Crippen LogP contribution is 2.60. The minimum Gasteiger partial charge on any atom is -0.461 e. The van der Waals surface area contributed by atoms with Gasteiger partial charge in [-0.05, 0) is 54.2 Å². The third kappa shape index (κ3) is 2.78. The summed E-state index contributed by atoms with van der Waals surface area (Å²) in [6.45, 7) is 0. The van der Waals surface area contributed by atoms with Gasteiger partial charge in [0.2, 0.25) is 5.91 Å². The quantitative estimate of drug-likeness (QED) is 0.601. The first-order valence-electron chi connectivity index (χ1n) is 9.25. The molecule has 1 N–H and O–H groups in total. The molecule has 1 aromatic carbocycles. The van der Waals surface area contributed by atoms with Crippen LogP contribution in [0.4, 0.5) is 5.69 Å². The topological polar surface area (TPSA) is 68.3 Å². The monoisotopic (exact) mass is 426 g/mol. The van der Waals surface area contributed by atoms with Gasteiger partial charge in [0.15, 0.2) is 0 Å². The van der Waals surface area contributed by atoms with Crippen LogP contribution >= 0.6 is 15.9 Å². The van der Waals surface area contributed by atoms with Crippen molar-refractivity contribution in [3.63, 3.8) is 0 Å². The maximum Gasteiger partial charge on any atom is 0.310 e. The molecule has 3 aliphatic rings. The van der Waals surface area contributed by atoms with Gasteiger partial charge in [-0.15, -0.1) is 0 Å². The van der Waals surface area contributed by atoms with Crippen LogP contribution in [0.25, 0.3) is 0 Å². The van der Waals surface area contributed by atoms with Crippen molar-refractivity contribution in [1.29, 1.82) is 0 Å². The molecule has 3 fully saturated rings. The predicted octanol–water partition coefficient (Wildman–Crippen LogP) is 3.18. The maximum absolute atomic E-state index is 12.9. The van der Waals surface area contributed by atoms with Gasteiger partial charge in [-0.1, -0.05) is 28.1 Å². The van der Waals surface area contributed by atoms with E-state index < -0.39 is 0 Å². The third-order valence-corrected chi connectivity index (χ3v) is 7.40. The molecule has 2 heterocycles. The fourth-order valence-electron chi connectivity index (χ4n) is 5.00. The maximum atomic E-state index is 12.9. The number of carbonyl (C=O) groups is 2. The van der Waals surface area contributed by atoms with Crippen LogP contribution in [0.5, 0.6) is 0 Å². The molecule has 5 nitrogen and oxygen atoms in total. The van der Waals surface area contributed by atoms with E-state index in [4.69, 9.17) is 4.74 Å². The summed E-state index contributed by atoms with van der Waals surface area (Å²) in [6, 6.07) is 11.9. The Morgan fingerprint density at radius 3 is 2.56 bits per heavy atom. The highest BCUT2D eigenvalue weighted by molar-refractivity contribution is 9.09. The SMILES string of the molecule is O=C(Nc1ccc(Cc2ccncc2)cc1)[C@@H]1[C@H]2C[C@H]3[C@H](OC(=O)[C@@H]31)[C@H]2Br. The molecule has 1 amide bonds. The Morgan fingerprint density at radius 2 is 1.81 bits per heavy atom. The molecule has 1 aromatic heterocycles. The van der Waals surface area contributed by atoms with Crippen molar-refractivity contribution in [3.05, 3.63) is 59.9 Å². The lowest BCUT2D eigenvalue weighted by molar-refractivity contribution is -0.145. The molecule has 0 spiro atoms. The van der Waals surface area contributed by atoms with Gasteiger partial charge in [-0.2, -0.15) is 0 Å². The van der Waals surface area contributed by atoms with E-state index in [0.717, 1.165) is 18.5 Å². The first-order chi connectivity index (χ1) is 13.1. The van der Waals surface area contributed by atoms with Crippen molar-refractivity contribution < 1.29 is 14.3 Å². The molecule has 6 heteroatoms. The van der Waals surface area contributed by atoms with Crippen molar-refractivity contribution in [1.82, 2.24) is 4.98 Å². The average Bonchev–Trinajstić information content (AvgIpc) is 3.28. The number of benzene rings is 1. The van der Waals surface area contributed by atoms with E-state index in [1.807, 2.05) is 36.4 Å². The van der Waals surface area contributed by atoms with E-state index in [2.05, 4.69) is 26.2 Å². The number of rotatable bonds is 4. The lowest BCUT2D eigenvalue weighted by Crippen LogP contribution is -2.40. The van der Waals surface area contributed by atoms with Crippen LogP contribution in [0.15, 0.2) is 48.8 Å². The van der Waals surface area contributed by atoms with Gasteiger partial charge in [0.05, 0.1) is 16.7 Å². The zero-order valence-corrected chi connectivity index (χ0v) is 16.1. The van der Waals surface area contributed by atoms with E-state index >= 15 is 0 Å². The highest BCUT2D eigenvalue weighted by atomic mass is 79.9. The Bertz CT molecular complexity index is 886. The smallest absolute Gasteiger partial charge is 0.310 e. The van der Waals surface area contributed by atoms with Gasteiger partial charge in [0, 0.05) is 24.0 Å². The second kappa shape index (κ2) is 6.44. The summed E-state index contributed by atoms with van der Waals surface area (Å²) in [6.07, 6.45) is 5.23. The normalized spacial score (nSPS) is 33.1. The van der Waals surface area contributed by atoms with Crippen LogP contribution in [0.1, 0.15) is 17.5 Å². The summed E-state index contributed by atoms with van der Waals surface area (Å²) in [4.78, 5) is 29.2. The summed E-state index contributed by atoms with van der Waals surface area (Å²) in [5, 5.41) is 3.01. The number of hydrogen-bond donors (Lipinski definition) is 1. The van der Waals surface area contributed by atoms with Gasteiger partial charge >= 0.3 is 5.97 Å². The number of hydrogen-bond acceptors (Lipinski definition) is 4. The van der Waals surface area contributed by atoms with Gasteiger partial charge in [-0.25, -0.2) is 0 Å². The van der Waals surface area contributed by atoms with Crippen LogP contribution in [-0.4, -0.2) is 27.8 Å². The zero-order valence-electron chi connectivity index (χ0n) is 14.5. The molecule has 0 unspecified atom stereocenters. The molecule has 6 atom stereocenters. The van der Waals surface area contributed by atoms with E-state index in [1.54, 1.807) is 12.4 Å². The van der Waals surface area contributed by atoms with Crippen LogP contribution in [0.3, 0.4) is 0 Å². The number of pyridine rings is 1. The van der Waals surface area contributed by atoms with E-state index in [9.17, 15) is 9.59 Å². The number of fused-ring (bicyclic) bond motifs is 1. The molecule has 2 aromatic rings. The summed E-state index contributed by atoms with van der Waals surface area (Å²) < 4.78 is 5.48. The van der Waals surface area contributed by atoms with Gasteiger partial charge in [-0.3, -0.25) is 14.6 Å². The minimum atomic E-state index is -0.304. The molecule has 1 saturated heterocycles. The molecule has 1 aliphatic heterocycles. The first-order valence-corrected chi connectivity index (χ1v) is 10.2. The molecular formula is C21H19BrN2O3. The van der Waals surface area contributed by atoms with Gasteiger partial charge < -0.3 is 10.1 Å². The fraction of sp³-hybridized carbons (Fsp3) is 0.381. The Labute approximate surface area is 165 Å². The summed E-state index contributed by atoms with van der Waals surface area (Å²) in [5.74, 6) is -0.506. The van der Waals surface area contributed by atoms with Crippen LogP contribution < -0.4 is 5.32 Å². The number of nitrogens with one attached hydrogen (secondary N) is 1. The highest BCUT2D eigenvalue weighted by Gasteiger charge is 2.67. The van der Waals surface area contributed by atoms with Crippen molar-refractivity contribution in [3.8, 4) is 0 Å². The third-order valence-electron chi connectivity index (χ3n) is 6.20. The number of esters is 1. The Hall–Kier alpha value is -2.21. The number of ether oxygens (including phenoxy) is 1. The van der Waals surface area contributed by atoms with Crippen molar-refractivity contribution in [2.24, 2.45) is 23.7 Å².